The Morgan fingerprint density at radius 1 is 1.12 bits per heavy atom. The fourth-order valence-electron chi connectivity index (χ4n) is 3.79. The Hall–Kier alpha value is -3.51. The van der Waals surface area contributed by atoms with Crippen molar-refractivity contribution in [3.8, 4) is 11.1 Å². The van der Waals surface area contributed by atoms with E-state index in [9.17, 15) is 18.0 Å². The Morgan fingerprint density at radius 2 is 1.85 bits per heavy atom. The third-order valence-corrected chi connectivity index (χ3v) is 8.93. The normalized spacial score (nSPS) is 19.0. The summed E-state index contributed by atoms with van der Waals surface area (Å²) in [5.41, 5.74) is 13.2. The van der Waals surface area contributed by atoms with Crippen molar-refractivity contribution in [3.05, 3.63) is 53.5 Å². The molecule has 1 fully saturated rings. The van der Waals surface area contributed by atoms with Crippen LogP contribution in [0, 0.1) is 5.92 Å². The molecular formula is C22H21N5O5S2. The quantitative estimate of drug-likeness (QED) is 0.508. The van der Waals surface area contributed by atoms with Crippen molar-refractivity contribution < 1.29 is 22.7 Å². The van der Waals surface area contributed by atoms with Crippen LogP contribution in [0.2, 0.25) is 0 Å². The van der Waals surface area contributed by atoms with E-state index < -0.39 is 33.3 Å². The van der Waals surface area contributed by atoms with Crippen LogP contribution in [0.25, 0.3) is 21.3 Å². The largest absolute Gasteiger partial charge is 0.442 e. The number of aromatic nitrogens is 1. The number of rotatable bonds is 7. The molecule has 34 heavy (non-hydrogen) atoms. The highest BCUT2D eigenvalue weighted by molar-refractivity contribution is 7.92. The van der Waals surface area contributed by atoms with Gasteiger partial charge in [-0.25, -0.2) is 18.2 Å². The zero-order valence-electron chi connectivity index (χ0n) is 17.8. The lowest BCUT2D eigenvalue weighted by atomic mass is 10.1. The number of nitrogens with zero attached hydrogens (tertiary/aromatic N) is 3. The smallest absolute Gasteiger partial charge is 0.339 e. The Bertz CT molecular complexity index is 1420. The monoisotopic (exact) mass is 499 g/mol. The van der Waals surface area contributed by atoms with Gasteiger partial charge in [0.2, 0.25) is 5.90 Å². The number of carbonyl (C=O) groups excluding carboxylic acids is 2. The Balaban J connectivity index is 1.59. The lowest BCUT2D eigenvalue weighted by Gasteiger charge is -2.16. The predicted molar refractivity (Wildman–Crippen MR) is 127 cm³/mol. The number of benzene rings is 2. The fraction of sp³-hybridized carbons (Fsp3) is 0.273. The number of urea groups is 1. The summed E-state index contributed by atoms with van der Waals surface area (Å²) in [6, 6.07) is 14.4. The molecule has 12 heteroatoms. The average Bonchev–Trinajstić information content (AvgIpc) is 3.32. The number of amides is 3. The summed E-state index contributed by atoms with van der Waals surface area (Å²) in [5, 5.41) is 3.33. The van der Waals surface area contributed by atoms with E-state index in [1.807, 2.05) is 48.5 Å². The molecule has 5 rings (SSSR count). The number of hydrogen-bond acceptors (Lipinski definition) is 8. The summed E-state index contributed by atoms with van der Waals surface area (Å²) in [6.07, 6.45) is 0.0125. The number of carbonyl (C=O) groups is 2. The minimum atomic E-state index is -3.84. The summed E-state index contributed by atoms with van der Waals surface area (Å²) < 4.78 is 33.1. The first kappa shape index (κ1) is 22.3. The first-order chi connectivity index (χ1) is 16.2. The fourth-order valence-corrected chi connectivity index (χ4v) is 7.31. The molecule has 0 saturated heterocycles. The molecular weight excluding hydrogens is 478 g/mol. The van der Waals surface area contributed by atoms with Crippen LogP contribution in [0.3, 0.4) is 0 Å². The van der Waals surface area contributed by atoms with Crippen LogP contribution in [0.1, 0.15) is 23.1 Å². The third kappa shape index (κ3) is 4.21. The molecule has 1 aromatic heterocycles. The van der Waals surface area contributed by atoms with Gasteiger partial charge in [-0.1, -0.05) is 36.4 Å². The molecule has 4 N–H and O–H groups in total. The Morgan fingerprint density at radius 3 is 2.47 bits per heavy atom. The molecule has 1 saturated carbocycles. The number of nitrogens with two attached hydrogens (primary N) is 2. The van der Waals surface area contributed by atoms with Crippen LogP contribution in [-0.2, 0) is 19.4 Å². The van der Waals surface area contributed by atoms with E-state index in [4.69, 9.17) is 16.2 Å². The van der Waals surface area contributed by atoms with E-state index in [2.05, 4.69) is 10.1 Å². The Labute approximate surface area is 199 Å². The van der Waals surface area contributed by atoms with E-state index in [0.29, 0.717) is 10.5 Å². The molecule has 0 radical (unpaired) electrons. The second-order valence-corrected chi connectivity index (χ2v) is 11.4. The number of fused-ring (bicyclic) bond motifs is 1. The topological polar surface area (TPSA) is 158 Å². The molecule has 3 amide bonds. The summed E-state index contributed by atoms with van der Waals surface area (Å²) >= 11 is 1.19. The highest BCUT2D eigenvalue weighted by Gasteiger charge is 2.46. The molecule has 176 valence electrons. The van der Waals surface area contributed by atoms with Crippen molar-refractivity contribution in [1.82, 2.24) is 9.99 Å². The van der Waals surface area contributed by atoms with Crippen LogP contribution < -0.4 is 11.5 Å². The van der Waals surface area contributed by atoms with Gasteiger partial charge in [0.1, 0.15) is 5.01 Å². The molecule has 2 unspecified atom stereocenters. The number of thiazole rings is 1. The molecule has 0 bridgehead atoms. The zero-order valence-corrected chi connectivity index (χ0v) is 19.5. The van der Waals surface area contributed by atoms with E-state index in [1.54, 1.807) is 0 Å². The van der Waals surface area contributed by atoms with Crippen LogP contribution in [0.15, 0.2) is 53.6 Å². The maximum Gasteiger partial charge on any atom is 0.339 e. The van der Waals surface area contributed by atoms with Crippen molar-refractivity contribution in [2.24, 2.45) is 22.5 Å². The molecule has 10 nitrogen and oxygen atoms in total. The van der Waals surface area contributed by atoms with Crippen LogP contribution in [-0.4, -0.2) is 48.2 Å². The van der Waals surface area contributed by atoms with Gasteiger partial charge in [0.15, 0.2) is 15.1 Å². The minimum Gasteiger partial charge on any atom is -0.442 e. The molecule has 2 aromatic carbocycles. The van der Waals surface area contributed by atoms with E-state index in [-0.39, 0.29) is 22.6 Å². The van der Waals surface area contributed by atoms with Crippen LogP contribution in [0.4, 0.5) is 4.79 Å². The molecule has 1 aliphatic carbocycles. The Kier molecular flexibility index (Phi) is 5.48. The summed E-state index contributed by atoms with van der Waals surface area (Å²) in [5.74, 6) is -1.39. The number of sulfone groups is 1. The molecule has 2 heterocycles. The van der Waals surface area contributed by atoms with Gasteiger partial charge in [-0.3, -0.25) is 4.79 Å². The standard InChI is InChI=1S/C22H21N5O5S2/c23-18(28)21-27(22(24)29)26-19(32-21)17(34(30,31)11-12-6-7-12)20-25-15-9-8-14(10-16(15)33-20)13-4-2-1-3-5-13/h1-5,8-10,12,17,21H,6-7,11H2,(H2,23,28)(H2,24,29). The second-order valence-electron chi connectivity index (χ2n) is 8.25. The SMILES string of the molecule is NC(=O)C1OC(C(c2nc3ccc(-c4ccccc4)cc3s2)S(=O)(=O)CC2CC2)=NN1C(N)=O. The lowest BCUT2D eigenvalue weighted by molar-refractivity contribution is -0.129. The maximum absolute atomic E-state index is 13.4. The van der Waals surface area contributed by atoms with Crippen molar-refractivity contribution in [3.63, 3.8) is 0 Å². The number of primary amides is 2. The van der Waals surface area contributed by atoms with Crippen molar-refractivity contribution >= 4 is 49.2 Å². The summed E-state index contributed by atoms with van der Waals surface area (Å²) in [4.78, 5) is 28.1. The van der Waals surface area contributed by atoms with Gasteiger partial charge in [0.05, 0.1) is 16.0 Å². The van der Waals surface area contributed by atoms with Gasteiger partial charge in [0, 0.05) is 0 Å². The summed E-state index contributed by atoms with van der Waals surface area (Å²) in [7, 11) is -3.84. The molecule has 2 aliphatic rings. The number of hydrazone groups is 1. The van der Waals surface area contributed by atoms with Crippen LogP contribution in [0.5, 0.6) is 0 Å². The first-order valence-electron chi connectivity index (χ1n) is 10.5. The third-order valence-electron chi connectivity index (χ3n) is 5.61. The molecule has 1 aliphatic heterocycles. The molecule has 2 atom stereocenters. The van der Waals surface area contributed by atoms with Crippen molar-refractivity contribution in [2.75, 3.05) is 5.75 Å². The zero-order chi connectivity index (χ0) is 24.0. The van der Waals surface area contributed by atoms with E-state index >= 15 is 0 Å². The second kappa shape index (κ2) is 8.37. The number of hydrogen-bond donors (Lipinski definition) is 2. The van der Waals surface area contributed by atoms with Crippen LogP contribution >= 0.6 is 11.3 Å². The van der Waals surface area contributed by atoms with Crippen molar-refractivity contribution in [2.45, 2.75) is 24.3 Å². The predicted octanol–water partition coefficient (Wildman–Crippen LogP) is 2.37. The highest BCUT2D eigenvalue weighted by Crippen LogP contribution is 2.40. The minimum absolute atomic E-state index is 0.0488. The lowest BCUT2D eigenvalue weighted by Crippen LogP contribution is -2.45. The van der Waals surface area contributed by atoms with E-state index in [0.717, 1.165) is 28.7 Å². The van der Waals surface area contributed by atoms with Gasteiger partial charge in [-0.15, -0.1) is 16.4 Å². The molecule has 3 aromatic rings. The van der Waals surface area contributed by atoms with Gasteiger partial charge in [0.25, 0.3) is 12.1 Å². The van der Waals surface area contributed by atoms with Gasteiger partial charge >= 0.3 is 6.03 Å². The maximum atomic E-state index is 13.4. The van der Waals surface area contributed by atoms with Gasteiger partial charge < -0.3 is 16.2 Å². The number of ether oxygens (including phenoxy) is 1. The molecule has 0 spiro atoms. The van der Waals surface area contributed by atoms with E-state index in [1.165, 1.54) is 11.3 Å². The van der Waals surface area contributed by atoms with Gasteiger partial charge in [-0.05, 0) is 42.0 Å². The highest BCUT2D eigenvalue weighted by atomic mass is 32.2. The van der Waals surface area contributed by atoms with Crippen molar-refractivity contribution in [1.29, 1.82) is 0 Å². The average molecular weight is 500 g/mol. The summed E-state index contributed by atoms with van der Waals surface area (Å²) in [6.45, 7) is 0. The first-order valence-corrected chi connectivity index (χ1v) is 13.1. The van der Waals surface area contributed by atoms with Gasteiger partial charge in [-0.2, -0.15) is 5.01 Å².